The molecule has 2 N–H and O–H groups in total. The molecular formula is C17H18ClNO. The van der Waals surface area contributed by atoms with Gasteiger partial charge in [-0.15, -0.1) is 5.73 Å². The maximum absolute atomic E-state index is 5.56. The fourth-order valence-corrected chi connectivity index (χ4v) is 1.54. The Morgan fingerprint density at radius 1 is 1.15 bits per heavy atom. The number of anilines is 1. The number of halogens is 1. The van der Waals surface area contributed by atoms with Gasteiger partial charge in [0.2, 0.25) is 0 Å². The third-order valence-electron chi connectivity index (χ3n) is 2.51. The Kier molecular flexibility index (Phi) is 7.05. The molecule has 2 rings (SSSR count). The molecule has 0 aliphatic rings. The molecule has 2 aromatic carbocycles. The first kappa shape index (κ1) is 15.9. The Hall–Kier alpha value is -2.15. The second-order valence-corrected chi connectivity index (χ2v) is 4.45. The van der Waals surface area contributed by atoms with Crippen LogP contribution in [0.15, 0.2) is 66.9 Å². The van der Waals surface area contributed by atoms with Crippen molar-refractivity contribution >= 4 is 17.3 Å². The highest BCUT2D eigenvalue weighted by molar-refractivity contribution is 6.30. The molecule has 0 heterocycles. The van der Waals surface area contributed by atoms with Crippen LogP contribution in [0, 0.1) is 0 Å². The van der Waals surface area contributed by atoms with Crippen LogP contribution >= 0.6 is 11.6 Å². The average molecular weight is 288 g/mol. The van der Waals surface area contributed by atoms with Crippen LogP contribution < -0.4 is 10.5 Å². The number of ether oxygens (including phenoxy) is 1. The van der Waals surface area contributed by atoms with Crippen molar-refractivity contribution in [3.05, 3.63) is 77.5 Å². The van der Waals surface area contributed by atoms with Gasteiger partial charge in [0, 0.05) is 10.7 Å². The molecule has 104 valence electrons. The van der Waals surface area contributed by atoms with Crippen LogP contribution in [0.3, 0.4) is 0 Å². The highest BCUT2D eigenvalue weighted by Gasteiger charge is 1.90. The average Bonchev–Trinajstić information content (AvgIpc) is 2.49. The summed E-state index contributed by atoms with van der Waals surface area (Å²) >= 11 is 5.56. The van der Waals surface area contributed by atoms with Crippen molar-refractivity contribution in [2.75, 3.05) is 12.8 Å². The van der Waals surface area contributed by atoms with E-state index in [1.807, 2.05) is 30.3 Å². The standard InChI is InChI=1S/C11H12O.C6H6ClN/c1-3-4-5-10-6-8-11(12-2)9-7-10;7-5-1-3-6(8)4-2-5/h4,6-9H,1,5H2,2H3;1-4H,8H2. The normalized spacial score (nSPS) is 8.90. The molecule has 0 radical (unpaired) electrons. The fraction of sp³-hybridized carbons (Fsp3) is 0.118. The molecule has 0 atom stereocenters. The van der Waals surface area contributed by atoms with Gasteiger partial charge in [-0.2, -0.15) is 0 Å². The predicted octanol–water partition coefficient (Wildman–Crippen LogP) is 4.50. The summed E-state index contributed by atoms with van der Waals surface area (Å²) in [6.45, 7) is 3.50. The molecular weight excluding hydrogens is 270 g/mol. The summed E-state index contributed by atoms with van der Waals surface area (Å²) in [5, 5.41) is 0.721. The Labute approximate surface area is 125 Å². The van der Waals surface area contributed by atoms with Gasteiger partial charge in [0.15, 0.2) is 0 Å². The molecule has 0 aliphatic carbocycles. The number of methoxy groups -OCH3 is 1. The maximum atomic E-state index is 5.56. The van der Waals surface area contributed by atoms with Crippen LogP contribution in [0.4, 0.5) is 5.69 Å². The zero-order chi connectivity index (χ0) is 14.8. The van der Waals surface area contributed by atoms with E-state index >= 15 is 0 Å². The van der Waals surface area contributed by atoms with E-state index in [9.17, 15) is 0 Å². The summed E-state index contributed by atoms with van der Waals surface area (Å²) < 4.78 is 5.04. The highest BCUT2D eigenvalue weighted by atomic mass is 35.5. The number of benzene rings is 2. The van der Waals surface area contributed by atoms with Crippen molar-refractivity contribution in [1.29, 1.82) is 0 Å². The Morgan fingerprint density at radius 2 is 1.75 bits per heavy atom. The molecule has 0 saturated heterocycles. The van der Waals surface area contributed by atoms with Crippen molar-refractivity contribution in [3.63, 3.8) is 0 Å². The summed E-state index contributed by atoms with van der Waals surface area (Å²) in [5.41, 5.74) is 10.1. The van der Waals surface area contributed by atoms with Gasteiger partial charge in [-0.25, -0.2) is 0 Å². The number of hydrogen-bond donors (Lipinski definition) is 1. The lowest BCUT2D eigenvalue weighted by atomic mass is 10.1. The summed E-state index contributed by atoms with van der Waals surface area (Å²) in [6.07, 6.45) is 2.79. The van der Waals surface area contributed by atoms with Crippen LogP contribution in [0.1, 0.15) is 5.56 Å². The summed E-state index contributed by atoms with van der Waals surface area (Å²) in [4.78, 5) is 0. The van der Waals surface area contributed by atoms with E-state index in [0.717, 1.165) is 22.9 Å². The van der Waals surface area contributed by atoms with Gasteiger partial charge in [-0.05, 0) is 54.5 Å². The monoisotopic (exact) mass is 287 g/mol. The SMILES string of the molecule is C=C=CCc1ccc(OC)cc1.Nc1ccc(Cl)cc1. The van der Waals surface area contributed by atoms with Gasteiger partial charge in [-0.1, -0.05) is 30.3 Å². The van der Waals surface area contributed by atoms with Gasteiger partial charge in [0.05, 0.1) is 7.11 Å². The predicted molar refractivity (Wildman–Crippen MR) is 86.3 cm³/mol. The third-order valence-corrected chi connectivity index (χ3v) is 2.76. The van der Waals surface area contributed by atoms with Gasteiger partial charge in [0.25, 0.3) is 0 Å². The second kappa shape index (κ2) is 8.87. The molecule has 0 aromatic heterocycles. The third kappa shape index (κ3) is 6.14. The number of hydrogen-bond acceptors (Lipinski definition) is 2. The smallest absolute Gasteiger partial charge is 0.118 e. The van der Waals surface area contributed by atoms with Crippen LogP contribution in [0.5, 0.6) is 5.75 Å². The fourth-order valence-electron chi connectivity index (χ4n) is 1.41. The lowest BCUT2D eigenvalue weighted by molar-refractivity contribution is 0.414. The van der Waals surface area contributed by atoms with E-state index in [2.05, 4.69) is 12.3 Å². The van der Waals surface area contributed by atoms with Crippen molar-refractivity contribution in [2.24, 2.45) is 0 Å². The van der Waals surface area contributed by atoms with Gasteiger partial charge in [0.1, 0.15) is 5.75 Å². The quantitative estimate of drug-likeness (QED) is 0.666. The molecule has 0 amide bonds. The van der Waals surface area contributed by atoms with E-state index in [4.69, 9.17) is 22.1 Å². The molecule has 20 heavy (non-hydrogen) atoms. The molecule has 0 saturated carbocycles. The van der Waals surface area contributed by atoms with E-state index in [1.165, 1.54) is 5.56 Å². The molecule has 0 spiro atoms. The van der Waals surface area contributed by atoms with Crippen molar-refractivity contribution < 1.29 is 4.74 Å². The van der Waals surface area contributed by atoms with Crippen LogP contribution in [-0.4, -0.2) is 7.11 Å². The number of nitrogens with two attached hydrogens (primary N) is 1. The second-order valence-electron chi connectivity index (χ2n) is 4.01. The zero-order valence-electron chi connectivity index (χ0n) is 11.5. The van der Waals surface area contributed by atoms with Crippen LogP contribution in [-0.2, 0) is 6.42 Å². The Morgan fingerprint density at radius 3 is 2.20 bits per heavy atom. The number of rotatable bonds is 3. The molecule has 2 nitrogen and oxygen atoms in total. The highest BCUT2D eigenvalue weighted by Crippen LogP contribution is 2.11. The Balaban J connectivity index is 0.000000217. The maximum Gasteiger partial charge on any atom is 0.118 e. The summed E-state index contributed by atoms with van der Waals surface area (Å²) in [5.74, 6) is 0.890. The van der Waals surface area contributed by atoms with Crippen molar-refractivity contribution in [2.45, 2.75) is 6.42 Å². The van der Waals surface area contributed by atoms with Crippen LogP contribution in [0.25, 0.3) is 0 Å². The first-order valence-corrected chi connectivity index (χ1v) is 6.51. The lowest BCUT2D eigenvalue weighted by Gasteiger charge is -1.99. The molecule has 0 unspecified atom stereocenters. The largest absolute Gasteiger partial charge is 0.497 e. The van der Waals surface area contributed by atoms with Gasteiger partial charge >= 0.3 is 0 Å². The lowest BCUT2D eigenvalue weighted by Crippen LogP contribution is -1.83. The number of nitrogen functional groups attached to an aromatic ring is 1. The van der Waals surface area contributed by atoms with Crippen LogP contribution in [0.2, 0.25) is 5.02 Å². The topological polar surface area (TPSA) is 35.2 Å². The van der Waals surface area contributed by atoms with E-state index in [0.29, 0.717) is 0 Å². The van der Waals surface area contributed by atoms with E-state index < -0.39 is 0 Å². The number of allylic oxidation sites excluding steroid dienone is 1. The zero-order valence-corrected chi connectivity index (χ0v) is 12.2. The summed E-state index contributed by atoms with van der Waals surface area (Å²) in [7, 11) is 1.67. The molecule has 3 heteroatoms. The van der Waals surface area contributed by atoms with Crippen molar-refractivity contribution in [3.8, 4) is 5.75 Å². The van der Waals surface area contributed by atoms with Crippen molar-refractivity contribution in [1.82, 2.24) is 0 Å². The molecule has 2 aromatic rings. The minimum Gasteiger partial charge on any atom is -0.497 e. The summed E-state index contributed by atoms with van der Waals surface area (Å²) in [6, 6.07) is 15.0. The minimum atomic E-state index is 0.721. The first-order valence-electron chi connectivity index (χ1n) is 6.14. The van der Waals surface area contributed by atoms with E-state index in [1.54, 1.807) is 31.4 Å². The molecule has 0 bridgehead atoms. The molecule has 0 fully saturated rings. The Bertz CT molecular complexity index is 534. The molecule has 0 aliphatic heterocycles. The minimum absolute atomic E-state index is 0.721. The van der Waals surface area contributed by atoms with Gasteiger partial charge in [-0.3, -0.25) is 0 Å². The first-order chi connectivity index (χ1) is 9.65. The van der Waals surface area contributed by atoms with E-state index in [-0.39, 0.29) is 0 Å². The van der Waals surface area contributed by atoms with Gasteiger partial charge < -0.3 is 10.5 Å².